The van der Waals surface area contributed by atoms with Crippen LogP contribution in [0.4, 0.5) is 0 Å². The number of nitrogens with two attached hydrogens (primary N) is 1. The van der Waals surface area contributed by atoms with Crippen LogP contribution in [0, 0.1) is 0 Å². The summed E-state index contributed by atoms with van der Waals surface area (Å²) in [6.07, 6.45) is 3.84. The molecule has 2 N–H and O–H groups in total. The van der Waals surface area contributed by atoms with Crippen LogP contribution in [0.15, 0.2) is 4.79 Å². The van der Waals surface area contributed by atoms with Crippen LogP contribution in [0.2, 0.25) is 0 Å². The summed E-state index contributed by atoms with van der Waals surface area (Å²) in [5.41, 5.74) is 5.83. The van der Waals surface area contributed by atoms with Gasteiger partial charge in [-0.3, -0.25) is 14.2 Å². The number of rotatable bonds is 4. The summed E-state index contributed by atoms with van der Waals surface area (Å²) < 4.78 is 5.98. The van der Waals surface area contributed by atoms with E-state index in [0.29, 0.717) is 10.2 Å². The third kappa shape index (κ3) is 2.74. The number of primary amides is 1. The van der Waals surface area contributed by atoms with Crippen molar-refractivity contribution in [1.29, 1.82) is 0 Å². The van der Waals surface area contributed by atoms with E-state index in [9.17, 15) is 14.4 Å². The van der Waals surface area contributed by atoms with Gasteiger partial charge in [0.2, 0.25) is 11.7 Å². The van der Waals surface area contributed by atoms with Crippen LogP contribution < -0.4 is 11.3 Å². The quantitative estimate of drug-likeness (QED) is 0.839. The topological polar surface area (TPSA) is 104 Å². The summed E-state index contributed by atoms with van der Waals surface area (Å²) in [7, 11) is 0. The Morgan fingerprint density at radius 2 is 2.09 bits per heavy atom. The third-order valence-corrected chi connectivity index (χ3v) is 5.03. The van der Waals surface area contributed by atoms with Gasteiger partial charge in [-0.05, 0) is 38.2 Å². The molecule has 0 spiro atoms. The van der Waals surface area contributed by atoms with E-state index in [0.717, 1.165) is 40.7 Å². The molecule has 122 valence electrons. The summed E-state index contributed by atoms with van der Waals surface area (Å²) in [5.74, 6) is -1.59. The van der Waals surface area contributed by atoms with Gasteiger partial charge in [-0.1, -0.05) is 0 Å². The molecule has 0 aromatic carbocycles. The summed E-state index contributed by atoms with van der Waals surface area (Å²) in [5, 5.41) is 0.513. The average Bonchev–Trinajstić information content (AvgIpc) is 2.88. The first-order chi connectivity index (χ1) is 11.0. The van der Waals surface area contributed by atoms with Crippen molar-refractivity contribution < 1.29 is 14.3 Å². The molecule has 0 unspecified atom stereocenters. The second-order valence-electron chi connectivity index (χ2n) is 5.40. The number of fused-ring (bicyclic) bond motifs is 3. The molecule has 2 aromatic rings. The highest BCUT2D eigenvalue weighted by Gasteiger charge is 2.25. The third-order valence-electron chi connectivity index (χ3n) is 3.85. The van der Waals surface area contributed by atoms with E-state index >= 15 is 0 Å². The number of hydrogen-bond donors (Lipinski definition) is 1. The van der Waals surface area contributed by atoms with Crippen LogP contribution in [0.25, 0.3) is 10.2 Å². The molecule has 0 radical (unpaired) electrons. The van der Waals surface area contributed by atoms with Crippen LogP contribution in [0.1, 0.15) is 40.8 Å². The van der Waals surface area contributed by atoms with Gasteiger partial charge in [0.25, 0.3) is 5.56 Å². The Morgan fingerprint density at radius 3 is 2.78 bits per heavy atom. The van der Waals surface area contributed by atoms with E-state index < -0.39 is 17.4 Å². The number of carbonyl (C=O) groups is 2. The fourth-order valence-corrected chi connectivity index (χ4v) is 4.14. The Kier molecular flexibility index (Phi) is 4.16. The first-order valence-corrected chi connectivity index (χ1v) is 8.35. The van der Waals surface area contributed by atoms with Crippen molar-refractivity contribution in [2.75, 3.05) is 6.61 Å². The van der Waals surface area contributed by atoms with Crippen molar-refractivity contribution in [1.82, 2.24) is 9.55 Å². The molecule has 0 atom stereocenters. The second-order valence-corrected chi connectivity index (χ2v) is 6.49. The molecule has 2 aromatic heterocycles. The van der Waals surface area contributed by atoms with E-state index in [-0.39, 0.29) is 19.0 Å². The molecule has 7 nitrogen and oxygen atoms in total. The molecule has 0 saturated heterocycles. The van der Waals surface area contributed by atoms with Crippen molar-refractivity contribution in [3.63, 3.8) is 0 Å². The molecule has 0 fully saturated rings. The van der Waals surface area contributed by atoms with Crippen molar-refractivity contribution in [2.45, 2.75) is 39.2 Å². The zero-order valence-corrected chi connectivity index (χ0v) is 13.6. The van der Waals surface area contributed by atoms with Crippen molar-refractivity contribution >= 4 is 33.4 Å². The highest BCUT2D eigenvalue weighted by atomic mass is 32.1. The normalized spacial score (nSPS) is 13.8. The summed E-state index contributed by atoms with van der Waals surface area (Å²) in [6, 6.07) is 0. The molecule has 3 rings (SSSR count). The number of nitrogens with zero attached hydrogens (tertiary/aromatic N) is 2. The zero-order valence-electron chi connectivity index (χ0n) is 12.8. The van der Waals surface area contributed by atoms with Crippen molar-refractivity contribution in [3.8, 4) is 0 Å². The van der Waals surface area contributed by atoms with E-state index in [1.54, 1.807) is 6.92 Å². The van der Waals surface area contributed by atoms with E-state index in [1.807, 2.05) is 0 Å². The maximum atomic E-state index is 12.8. The number of aryl methyl sites for hydroxylation is 2. The first-order valence-electron chi connectivity index (χ1n) is 7.53. The Morgan fingerprint density at radius 1 is 1.35 bits per heavy atom. The van der Waals surface area contributed by atoms with Crippen LogP contribution in [-0.2, 0) is 28.9 Å². The Hall–Kier alpha value is -2.22. The van der Waals surface area contributed by atoms with Gasteiger partial charge in [0.1, 0.15) is 11.4 Å². The Bertz CT molecular complexity index is 853. The number of esters is 1. The number of aromatic nitrogens is 2. The Labute approximate surface area is 136 Å². The fourth-order valence-electron chi connectivity index (χ4n) is 2.89. The van der Waals surface area contributed by atoms with Gasteiger partial charge in [0.15, 0.2) is 0 Å². The van der Waals surface area contributed by atoms with Crippen LogP contribution in [0.5, 0.6) is 0 Å². The van der Waals surface area contributed by atoms with Crippen molar-refractivity contribution in [2.24, 2.45) is 5.73 Å². The largest absolute Gasteiger partial charge is 0.460 e. The van der Waals surface area contributed by atoms with E-state index in [1.165, 1.54) is 11.3 Å². The SMILES string of the molecule is CCOC(=O)c1nc2sc3c(c2c(=O)n1CC(N)=O)CCCC3. The molecule has 0 saturated carbocycles. The van der Waals surface area contributed by atoms with Gasteiger partial charge < -0.3 is 10.5 Å². The van der Waals surface area contributed by atoms with Gasteiger partial charge in [0, 0.05) is 4.88 Å². The van der Waals surface area contributed by atoms with E-state index in [4.69, 9.17) is 10.5 Å². The minimum absolute atomic E-state index is 0.157. The number of hydrogen-bond acceptors (Lipinski definition) is 6. The maximum Gasteiger partial charge on any atom is 0.374 e. The number of amides is 1. The van der Waals surface area contributed by atoms with Gasteiger partial charge in [0.05, 0.1) is 12.0 Å². The predicted octanol–water partition coefficient (Wildman–Crippen LogP) is 0.999. The lowest BCUT2D eigenvalue weighted by molar-refractivity contribution is -0.118. The van der Waals surface area contributed by atoms with Crippen LogP contribution >= 0.6 is 11.3 Å². The highest BCUT2D eigenvalue weighted by molar-refractivity contribution is 7.18. The predicted molar refractivity (Wildman–Crippen MR) is 85.7 cm³/mol. The standard InChI is InChI=1S/C15H17N3O4S/c1-2-22-15(21)12-17-13-11(14(20)18(12)7-10(16)19)8-5-3-4-6-9(8)23-13/h2-7H2,1H3,(H2,16,19). The molecule has 0 bridgehead atoms. The minimum atomic E-state index is -0.723. The minimum Gasteiger partial charge on any atom is -0.460 e. The number of thiophene rings is 1. The second kappa shape index (κ2) is 6.11. The molecule has 1 aliphatic carbocycles. The molecule has 2 heterocycles. The Balaban J connectivity index is 2.27. The molecular weight excluding hydrogens is 318 g/mol. The lowest BCUT2D eigenvalue weighted by Crippen LogP contribution is -2.33. The monoisotopic (exact) mass is 335 g/mol. The van der Waals surface area contributed by atoms with E-state index in [2.05, 4.69) is 4.98 Å². The summed E-state index contributed by atoms with van der Waals surface area (Å²) >= 11 is 1.44. The fraction of sp³-hybridized carbons (Fsp3) is 0.467. The number of carbonyl (C=O) groups excluding carboxylic acids is 2. The molecule has 23 heavy (non-hydrogen) atoms. The summed E-state index contributed by atoms with van der Waals surface area (Å²) in [6.45, 7) is 1.43. The number of ether oxygens (including phenoxy) is 1. The maximum absolute atomic E-state index is 12.8. The van der Waals surface area contributed by atoms with Gasteiger partial charge in [-0.15, -0.1) is 11.3 Å². The van der Waals surface area contributed by atoms with Gasteiger partial charge in [-0.25, -0.2) is 9.78 Å². The zero-order chi connectivity index (χ0) is 16.6. The molecule has 0 aliphatic heterocycles. The van der Waals surface area contributed by atoms with Crippen LogP contribution in [-0.4, -0.2) is 28.0 Å². The van der Waals surface area contributed by atoms with Gasteiger partial charge in [-0.2, -0.15) is 0 Å². The molecule has 8 heteroatoms. The molecule has 1 amide bonds. The highest BCUT2D eigenvalue weighted by Crippen LogP contribution is 2.33. The smallest absolute Gasteiger partial charge is 0.374 e. The molecular formula is C15H17N3O4S. The molecule has 1 aliphatic rings. The average molecular weight is 335 g/mol. The van der Waals surface area contributed by atoms with Crippen molar-refractivity contribution in [3.05, 3.63) is 26.6 Å². The lowest BCUT2D eigenvalue weighted by Gasteiger charge is -2.12. The first kappa shape index (κ1) is 15.7. The summed E-state index contributed by atoms with van der Waals surface area (Å²) in [4.78, 5) is 42.2. The van der Waals surface area contributed by atoms with Gasteiger partial charge >= 0.3 is 5.97 Å². The lowest BCUT2D eigenvalue weighted by atomic mass is 9.97. The van der Waals surface area contributed by atoms with Crippen LogP contribution in [0.3, 0.4) is 0 Å².